The molecule has 0 radical (unpaired) electrons. The summed E-state index contributed by atoms with van der Waals surface area (Å²) < 4.78 is 20.1. The van der Waals surface area contributed by atoms with Crippen LogP contribution >= 0.6 is 0 Å². The van der Waals surface area contributed by atoms with E-state index in [0.717, 1.165) is 16.6 Å². The van der Waals surface area contributed by atoms with Crippen LogP contribution in [0.1, 0.15) is 10.5 Å². The van der Waals surface area contributed by atoms with E-state index in [2.05, 4.69) is 9.97 Å². The number of esters is 1. The molecule has 6 heteroatoms. The molecule has 0 saturated carbocycles. The van der Waals surface area contributed by atoms with Gasteiger partial charge in [-0.15, -0.1) is 0 Å². The zero-order chi connectivity index (χ0) is 19.0. The highest BCUT2D eigenvalue weighted by Gasteiger charge is 2.24. The minimum Gasteiger partial charge on any atom is -0.464 e. The van der Waals surface area contributed by atoms with E-state index in [1.165, 1.54) is 19.2 Å². The molecule has 1 aromatic carbocycles. The Hall–Kier alpha value is -3.54. The molecule has 3 heterocycles. The number of ether oxygens (including phenoxy) is 1. The Labute approximate surface area is 155 Å². The van der Waals surface area contributed by atoms with Gasteiger partial charge in [-0.25, -0.2) is 9.18 Å². The van der Waals surface area contributed by atoms with Crippen molar-refractivity contribution in [3.8, 4) is 22.3 Å². The molecule has 4 aromatic rings. The minimum absolute atomic E-state index is 0.341. The van der Waals surface area contributed by atoms with Gasteiger partial charge in [0.05, 0.1) is 18.1 Å². The minimum atomic E-state index is -0.472. The maximum Gasteiger partial charge on any atom is 0.355 e. The van der Waals surface area contributed by atoms with Gasteiger partial charge in [0.25, 0.3) is 0 Å². The highest BCUT2D eigenvalue weighted by atomic mass is 19.1. The van der Waals surface area contributed by atoms with Gasteiger partial charge < -0.3 is 9.30 Å². The molecule has 0 atom stereocenters. The van der Waals surface area contributed by atoms with E-state index in [1.54, 1.807) is 42.3 Å². The number of fused-ring (bicyclic) bond motifs is 1. The number of carbonyl (C=O) groups excluding carboxylic acids is 1. The van der Waals surface area contributed by atoms with Crippen molar-refractivity contribution in [2.75, 3.05) is 7.11 Å². The largest absolute Gasteiger partial charge is 0.464 e. The smallest absolute Gasteiger partial charge is 0.355 e. The maximum absolute atomic E-state index is 13.4. The van der Waals surface area contributed by atoms with Gasteiger partial charge >= 0.3 is 5.97 Å². The molecule has 3 aromatic heterocycles. The molecule has 0 spiro atoms. The summed E-state index contributed by atoms with van der Waals surface area (Å²) in [5.74, 6) is -0.813. The van der Waals surface area contributed by atoms with Crippen molar-refractivity contribution in [3.05, 3.63) is 72.6 Å². The summed E-state index contributed by atoms with van der Waals surface area (Å²) in [5, 5.41) is 0. The standard InChI is InChI=1S/C21H16FN3O2/c1-25-17-11-15(13-7-9-23-10-8-13)12-24-19(17)18(20(25)21(26)27-2)14-3-5-16(22)6-4-14/h3-12H,1-2H3. The quantitative estimate of drug-likeness (QED) is 0.513. The molecular formula is C21H16FN3O2. The third-order valence-electron chi connectivity index (χ3n) is 4.56. The second-order valence-electron chi connectivity index (χ2n) is 6.11. The van der Waals surface area contributed by atoms with Crippen LogP contribution in [-0.2, 0) is 11.8 Å². The van der Waals surface area contributed by atoms with Crippen molar-refractivity contribution < 1.29 is 13.9 Å². The van der Waals surface area contributed by atoms with E-state index in [0.29, 0.717) is 22.3 Å². The van der Waals surface area contributed by atoms with Gasteiger partial charge in [-0.1, -0.05) is 12.1 Å². The van der Waals surface area contributed by atoms with E-state index in [9.17, 15) is 9.18 Å². The fourth-order valence-electron chi connectivity index (χ4n) is 3.23. The summed E-state index contributed by atoms with van der Waals surface area (Å²) in [6.07, 6.45) is 5.19. The average molecular weight is 361 g/mol. The Balaban J connectivity index is 2.01. The van der Waals surface area contributed by atoms with Crippen LogP contribution in [0.5, 0.6) is 0 Å². The van der Waals surface area contributed by atoms with Crippen LogP contribution in [0.4, 0.5) is 4.39 Å². The first-order chi connectivity index (χ1) is 13.1. The lowest BCUT2D eigenvalue weighted by molar-refractivity contribution is 0.0591. The fraction of sp³-hybridized carbons (Fsp3) is 0.0952. The Morgan fingerprint density at radius 3 is 2.41 bits per heavy atom. The Morgan fingerprint density at radius 1 is 1.04 bits per heavy atom. The van der Waals surface area contributed by atoms with Gasteiger partial charge in [0.1, 0.15) is 11.5 Å². The lowest BCUT2D eigenvalue weighted by Crippen LogP contribution is -2.08. The van der Waals surface area contributed by atoms with Crippen LogP contribution in [0.15, 0.2) is 61.1 Å². The van der Waals surface area contributed by atoms with Gasteiger partial charge in [0.15, 0.2) is 0 Å². The summed E-state index contributed by atoms with van der Waals surface area (Å²) in [4.78, 5) is 21.1. The normalized spacial score (nSPS) is 10.9. The van der Waals surface area contributed by atoms with E-state index < -0.39 is 5.97 Å². The molecule has 0 aliphatic rings. The number of aryl methyl sites for hydroxylation is 1. The maximum atomic E-state index is 13.4. The summed E-state index contributed by atoms with van der Waals surface area (Å²) in [6.45, 7) is 0. The predicted octanol–water partition coefficient (Wildman–Crippen LogP) is 4.23. The molecule has 0 saturated heterocycles. The number of halogens is 1. The third-order valence-corrected chi connectivity index (χ3v) is 4.56. The van der Waals surface area contributed by atoms with Crippen LogP contribution < -0.4 is 0 Å². The molecule has 4 rings (SSSR count). The summed E-state index contributed by atoms with van der Waals surface area (Å²) in [6, 6.07) is 11.8. The number of aromatic nitrogens is 3. The van der Waals surface area contributed by atoms with Gasteiger partial charge in [-0.3, -0.25) is 9.97 Å². The number of rotatable bonds is 3. The number of hydrogen-bond acceptors (Lipinski definition) is 4. The molecule has 0 aliphatic heterocycles. The van der Waals surface area contributed by atoms with E-state index in [-0.39, 0.29) is 5.82 Å². The molecule has 0 unspecified atom stereocenters. The van der Waals surface area contributed by atoms with Crippen molar-refractivity contribution in [2.24, 2.45) is 7.05 Å². The second kappa shape index (κ2) is 6.64. The number of carbonyl (C=O) groups is 1. The number of nitrogens with zero attached hydrogens (tertiary/aromatic N) is 3. The monoisotopic (exact) mass is 361 g/mol. The fourth-order valence-corrected chi connectivity index (χ4v) is 3.23. The molecule has 27 heavy (non-hydrogen) atoms. The van der Waals surface area contributed by atoms with E-state index in [1.807, 2.05) is 18.2 Å². The lowest BCUT2D eigenvalue weighted by atomic mass is 10.0. The Morgan fingerprint density at radius 2 is 1.74 bits per heavy atom. The molecule has 0 amide bonds. The van der Waals surface area contributed by atoms with Crippen molar-refractivity contribution in [1.29, 1.82) is 0 Å². The highest BCUT2D eigenvalue weighted by molar-refractivity contribution is 6.07. The number of hydrogen-bond donors (Lipinski definition) is 0. The first kappa shape index (κ1) is 16.9. The van der Waals surface area contributed by atoms with E-state index in [4.69, 9.17) is 4.74 Å². The molecule has 5 nitrogen and oxygen atoms in total. The van der Waals surface area contributed by atoms with Gasteiger partial charge in [0, 0.05) is 36.8 Å². The van der Waals surface area contributed by atoms with Crippen LogP contribution in [0.25, 0.3) is 33.3 Å². The molecule has 0 N–H and O–H groups in total. The molecule has 0 bridgehead atoms. The SMILES string of the molecule is COC(=O)c1c(-c2ccc(F)cc2)c2ncc(-c3ccncc3)cc2n1C. The average Bonchev–Trinajstić information content (AvgIpc) is 3.01. The highest BCUT2D eigenvalue weighted by Crippen LogP contribution is 2.35. The van der Waals surface area contributed by atoms with Crippen LogP contribution in [-0.4, -0.2) is 27.6 Å². The van der Waals surface area contributed by atoms with Gasteiger partial charge in [0.2, 0.25) is 0 Å². The Kier molecular flexibility index (Phi) is 4.16. The summed E-state index contributed by atoms with van der Waals surface area (Å²) >= 11 is 0. The summed E-state index contributed by atoms with van der Waals surface area (Å²) in [7, 11) is 3.13. The first-order valence-electron chi connectivity index (χ1n) is 8.33. The number of benzene rings is 1. The van der Waals surface area contributed by atoms with E-state index >= 15 is 0 Å². The topological polar surface area (TPSA) is 57.0 Å². The van der Waals surface area contributed by atoms with Crippen LogP contribution in [0, 0.1) is 5.82 Å². The van der Waals surface area contributed by atoms with Gasteiger partial charge in [-0.05, 0) is 41.5 Å². The first-order valence-corrected chi connectivity index (χ1v) is 8.33. The lowest BCUT2D eigenvalue weighted by Gasteiger charge is -2.05. The molecule has 0 aliphatic carbocycles. The van der Waals surface area contributed by atoms with Crippen molar-refractivity contribution >= 4 is 17.0 Å². The predicted molar refractivity (Wildman–Crippen MR) is 101 cm³/mol. The number of pyridine rings is 2. The molecule has 134 valence electrons. The van der Waals surface area contributed by atoms with Crippen LogP contribution in [0.2, 0.25) is 0 Å². The zero-order valence-electron chi connectivity index (χ0n) is 14.8. The summed E-state index contributed by atoms with van der Waals surface area (Å²) in [5.41, 5.74) is 5.02. The number of methoxy groups -OCH3 is 1. The van der Waals surface area contributed by atoms with Crippen molar-refractivity contribution in [3.63, 3.8) is 0 Å². The molecule has 0 fully saturated rings. The van der Waals surface area contributed by atoms with Gasteiger partial charge in [-0.2, -0.15) is 0 Å². The molecular weight excluding hydrogens is 345 g/mol. The second-order valence-corrected chi connectivity index (χ2v) is 6.11. The van der Waals surface area contributed by atoms with Crippen molar-refractivity contribution in [1.82, 2.24) is 14.5 Å². The third kappa shape index (κ3) is 2.85. The zero-order valence-corrected chi connectivity index (χ0v) is 14.8. The Bertz CT molecular complexity index is 1140. The van der Waals surface area contributed by atoms with Crippen LogP contribution in [0.3, 0.4) is 0 Å². The van der Waals surface area contributed by atoms with Crippen molar-refractivity contribution in [2.45, 2.75) is 0 Å².